The summed E-state index contributed by atoms with van der Waals surface area (Å²) in [6, 6.07) is 11.9. The largest absolute Gasteiger partial charge is 0.398 e. The minimum atomic E-state index is -0.395. The van der Waals surface area contributed by atoms with E-state index in [1.807, 2.05) is 12.1 Å². The van der Waals surface area contributed by atoms with Crippen molar-refractivity contribution in [2.45, 2.75) is 12.8 Å². The number of nitrogen functional groups attached to an aromatic ring is 1. The first kappa shape index (κ1) is 24.5. The number of imidazole rings is 1. The standard InChI is InChI=1S/C25H23ClFN5O.CH5N/c1-30-10-11-32(25(30)33)22-5-4-16(12-21(22)26)19-14-18(27)15-20(24(19)28)17-6-7-29-23(13-17)31-8-2-3-9-31;1-2/h4-7,10-15H,2-3,8-9,28H2,1H3;2H2,1H3. The Morgan fingerprint density at radius 2 is 1.63 bits per heavy atom. The van der Waals surface area contributed by atoms with E-state index in [1.165, 1.54) is 28.3 Å². The molecule has 0 atom stereocenters. The average Bonchev–Trinajstić information content (AvgIpc) is 3.53. The molecule has 182 valence electrons. The van der Waals surface area contributed by atoms with Crippen LogP contribution in [0.1, 0.15) is 12.8 Å². The summed E-state index contributed by atoms with van der Waals surface area (Å²) in [7, 11) is 3.17. The Balaban J connectivity index is 0.00000141. The van der Waals surface area contributed by atoms with Crippen molar-refractivity contribution in [3.63, 3.8) is 0 Å². The van der Waals surface area contributed by atoms with Gasteiger partial charge in [0.2, 0.25) is 0 Å². The van der Waals surface area contributed by atoms with Gasteiger partial charge in [-0.25, -0.2) is 14.2 Å². The van der Waals surface area contributed by atoms with Gasteiger partial charge in [-0.15, -0.1) is 0 Å². The summed E-state index contributed by atoms with van der Waals surface area (Å²) in [5.74, 6) is 0.476. The molecule has 0 unspecified atom stereocenters. The highest BCUT2D eigenvalue weighted by molar-refractivity contribution is 6.32. The molecule has 2 aromatic heterocycles. The summed E-state index contributed by atoms with van der Waals surface area (Å²) in [5.41, 5.74) is 14.5. The molecular formula is C26H28ClFN6O. The van der Waals surface area contributed by atoms with Gasteiger partial charge >= 0.3 is 5.69 Å². The first-order valence-electron chi connectivity index (χ1n) is 11.3. The second kappa shape index (κ2) is 10.3. The number of anilines is 2. The van der Waals surface area contributed by atoms with E-state index in [0.29, 0.717) is 33.1 Å². The Bertz CT molecular complexity index is 1410. The number of rotatable bonds is 4. The SMILES string of the molecule is CN.Cn1ccn(-c2ccc(-c3cc(F)cc(-c4ccnc(N5CCCC5)c4)c3N)cc2Cl)c1=O. The predicted molar refractivity (Wildman–Crippen MR) is 141 cm³/mol. The third-order valence-electron chi connectivity index (χ3n) is 6.10. The number of benzene rings is 2. The molecule has 0 radical (unpaired) electrons. The summed E-state index contributed by atoms with van der Waals surface area (Å²) >= 11 is 6.52. The maximum Gasteiger partial charge on any atom is 0.332 e. The van der Waals surface area contributed by atoms with Crippen molar-refractivity contribution in [1.29, 1.82) is 0 Å². The van der Waals surface area contributed by atoms with Crippen LogP contribution in [-0.2, 0) is 7.05 Å². The summed E-state index contributed by atoms with van der Waals surface area (Å²) in [6.07, 6.45) is 7.33. The molecule has 1 saturated heterocycles. The Morgan fingerprint density at radius 1 is 0.971 bits per heavy atom. The molecule has 4 N–H and O–H groups in total. The minimum absolute atomic E-state index is 0.205. The molecule has 1 aliphatic rings. The van der Waals surface area contributed by atoms with Gasteiger partial charge in [0.15, 0.2) is 0 Å². The number of hydrogen-bond donors (Lipinski definition) is 2. The van der Waals surface area contributed by atoms with Crippen LogP contribution in [0.4, 0.5) is 15.9 Å². The molecule has 0 spiro atoms. The highest BCUT2D eigenvalue weighted by atomic mass is 35.5. The lowest BCUT2D eigenvalue weighted by Gasteiger charge is -2.18. The van der Waals surface area contributed by atoms with E-state index in [0.717, 1.165) is 37.3 Å². The van der Waals surface area contributed by atoms with Crippen LogP contribution in [0.5, 0.6) is 0 Å². The highest BCUT2D eigenvalue weighted by Gasteiger charge is 2.17. The van der Waals surface area contributed by atoms with Crippen molar-refractivity contribution < 1.29 is 4.39 Å². The van der Waals surface area contributed by atoms with Crippen LogP contribution in [0.3, 0.4) is 0 Å². The normalized spacial score (nSPS) is 13.0. The number of nitrogens with two attached hydrogens (primary N) is 2. The van der Waals surface area contributed by atoms with Crippen molar-refractivity contribution in [3.05, 3.63) is 82.4 Å². The number of halogens is 2. The molecule has 9 heteroatoms. The van der Waals surface area contributed by atoms with E-state index in [4.69, 9.17) is 17.3 Å². The van der Waals surface area contributed by atoms with E-state index < -0.39 is 5.82 Å². The van der Waals surface area contributed by atoms with Crippen molar-refractivity contribution in [2.75, 3.05) is 30.8 Å². The summed E-state index contributed by atoms with van der Waals surface area (Å²) < 4.78 is 17.6. The Kier molecular flexibility index (Phi) is 7.23. The lowest BCUT2D eigenvalue weighted by Crippen LogP contribution is -2.20. The Labute approximate surface area is 208 Å². The lowest BCUT2D eigenvalue weighted by atomic mass is 9.96. The molecule has 0 aliphatic carbocycles. The van der Waals surface area contributed by atoms with Gasteiger partial charge in [0.25, 0.3) is 0 Å². The van der Waals surface area contributed by atoms with Gasteiger partial charge in [-0.1, -0.05) is 17.7 Å². The number of hydrogen-bond acceptors (Lipinski definition) is 5. The Morgan fingerprint density at radius 3 is 2.23 bits per heavy atom. The van der Waals surface area contributed by atoms with Crippen LogP contribution in [0.2, 0.25) is 5.02 Å². The first-order valence-corrected chi connectivity index (χ1v) is 11.7. The molecular weight excluding hydrogens is 467 g/mol. The maximum atomic E-state index is 14.7. The smallest absolute Gasteiger partial charge is 0.332 e. The van der Waals surface area contributed by atoms with E-state index in [9.17, 15) is 9.18 Å². The summed E-state index contributed by atoms with van der Waals surface area (Å²) in [5, 5.41) is 0.367. The maximum absolute atomic E-state index is 14.7. The molecule has 1 fully saturated rings. The molecule has 0 saturated carbocycles. The van der Waals surface area contributed by atoms with Gasteiger partial charge in [0.05, 0.1) is 10.7 Å². The van der Waals surface area contributed by atoms with Crippen molar-refractivity contribution in [3.8, 4) is 27.9 Å². The number of nitrogens with zero attached hydrogens (tertiary/aromatic N) is 4. The van der Waals surface area contributed by atoms with Crippen molar-refractivity contribution >= 4 is 23.1 Å². The van der Waals surface area contributed by atoms with Gasteiger partial charge in [0.1, 0.15) is 11.6 Å². The zero-order chi connectivity index (χ0) is 25.1. The fourth-order valence-electron chi connectivity index (χ4n) is 4.32. The molecule has 0 amide bonds. The summed E-state index contributed by atoms with van der Waals surface area (Å²) in [4.78, 5) is 19.0. The van der Waals surface area contributed by atoms with E-state index in [1.54, 1.807) is 43.8 Å². The molecule has 7 nitrogen and oxygen atoms in total. The van der Waals surface area contributed by atoms with Gasteiger partial charge in [-0.2, -0.15) is 0 Å². The van der Waals surface area contributed by atoms with Gasteiger partial charge in [-0.3, -0.25) is 4.57 Å². The topological polar surface area (TPSA) is 95.1 Å². The molecule has 1 aliphatic heterocycles. The molecule has 3 heterocycles. The molecule has 4 aromatic rings. The van der Waals surface area contributed by atoms with E-state index >= 15 is 0 Å². The summed E-state index contributed by atoms with van der Waals surface area (Å²) in [6.45, 7) is 1.94. The zero-order valence-electron chi connectivity index (χ0n) is 19.7. The van der Waals surface area contributed by atoms with Crippen LogP contribution in [0.25, 0.3) is 27.9 Å². The van der Waals surface area contributed by atoms with Crippen LogP contribution >= 0.6 is 11.6 Å². The number of pyridine rings is 1. The third kappa shape index (κ3) is 4.80. The van der Waals surface area contributed by atoms with Gasteiger partial charge in [0, 0.05) is 55.5 Å². The average molecular weight is 495 g/mol. The Hall–Kier alpha value is -3.62. The lowest BCUT2D eigenvalue weighted by molar-refractivity contribution is 0.629. The number of aryl methyl sites for hydroxylation is 1. The molecule has 2 aromatic carbocycles. The third-order valence-corrected chi connectivity index (χ3v) is 6.40. The van der Waals surface area contributed by atoms with Crippen LogP contribution in [-0.4, -0.2) is 34.3 Å². The van der Waals surface area contributed by atoms with Gasteiger partial charge < -0.3 is 20.9 Å². The monoisotopic (exact) mass is 494 g/mol. The minimum Gasteiger partial charge on any atom is -0.398 e. The second-order valence-corrected chi connectivity index (χ2v) is 8.65. The molecule has 5 rings (SSSR count). The first-order chi connectivity index (χ1) is 16.9. The molecule has 35 heavy (non-hydrogen) atoms. The van der Waals surface area contributed by atoms with Crippen LogP contribution in [0.15, 0.2) is 65.8 Å². The predicted octanol–water partition coefficient (Wildman–Crippen LogP) is 4.45. The molecule has 0 bridgehead atoms. The van der Waals surface area contributed by atoms with Crippen molar-refractivity contribution in [1.82, 2.24) is 14.1 Å². The number of aromatic nitrogens is 3. The quantitative estimate of drug-likeness (QED) is 0.408. The van der Waals surface area contributed by atoms with Crippen molar-refractivity contribution in [2.24, 2.45) is 12.8 Å². The van der Waals surface area contributed by atoms with E-state index in [2.05, 4.69) is 15.6 Å². The fourth-order valence-corrected chi connectivity index (χ4v) is 4.59. The second-order valence-electron chi connectivity index (χ2n) is 8.24. The highest BCUT2D eigenvalue weighted by Crippen LogP contribution is 2.38. The van der Waals surface area contributed by atoms with Gasteiger partial charge in [-0.05, 0) is 67.4 Å². The van der Waals surface area contributed by atoms with Crippen LogP contribution < -0.4 is 22.1 Å². The van der Waals surface area contributed by atoms with Crippen LogP contribution in [0, 0.1) is 5.82 Å². The zero-order valence-corrected chi connectivity index (χ0v) is 20.5. The van der Waals surface area contributed by atoms with E-state index in [-0.39, 0.29) is 5.69 Å². The fraction of sp³-hybridized carbons (Fsp3) is 0.231.